The molecular weight excluding hydrogens is 436 g/mol. The van der Waals surface area contributed by atoms with Gasteiger partial charge >= 0.3 is 0 Å². The van der Waals surface area contributed by atoms with Gasteiger partial charge in [-0.1, -0.05) is 29.8 Å². The van der Waals surface area contributed by atoms with Crippen molar-refractivity contribution in [3.63, 3.8) is 0 Å². The van der Waals surface area contributed by atoms with Gasteiger partial charge in [0.05, 0.1) is 4.90 Å². The Kier molecular flexibility index (Phi) is 7.20. The lowest BCUT2D eigenvalue weighted by Gasteiger charge is -2.11. The fourth-order valence-electron chi connectivity index (χ4n) is 2.74. The van der Waals surface area contributed by atoms with Gasteiger partial charge in [0.2, 0.25) is 0 Å². The normalized spacial score (nSPS) is 11.1. The molecule has 6 nitrogen and oxygen atoms in total. The van der Waals surface area contributed by atoms with Crippen LogP contribution in [-0.2, 0) is 21.4 Å². The second kappa shape index (κ2) is 9.85. The van der Waals surface area contributed by atoms with Gasteiger partial charge < -0.3 is 10.1 Å². The van der Waals surface area contributed by atoms with Crippen LogP contribution in [0.4, 0.5) is 5.69 Å². The molecule has 0 aliphatic heterocycles. The minimum Gasteiger partial charge on any atom is -0.484 e. The van der Waals surface area contributed by atoms with Crippen LogP contribution in [0.1, 0.15) is 16.7 Å². The van der Waals surface area contributed by atoms with E-state index in [-0.39, 0.29) is 17.4 Å². The van der Waals surface area contributed by atoms with Crippen molar-refractivity contribution in [3.8, 4) is 5.75 Å². The Morgan fingerprint density at radius 2 is 1.61 bits per heavy atom. The summed E-state index contributed by atoms with van der Waals surface area (Å²) in [6.07, 6.45) is 0. The lowest BCUT2D eigenvalue weighted by atomic mass is 10.1. The predicted octanol–water partition coefficient (Wildman–Crippen LogP) is 4.45. The summed E-state index contributed by atoms with van der Waals surface area (Å²) in [7, 11) is -3.73. The molecule has 8 heteroatoms. The number of halogens is 1. The number of carbonyl (C=O) groups excluding carboxylic acids is 1. The van der Waals surface area contributed by atoms with Gasteiger partial charge in [0.25, 0.3) is 15.9 Å². The first-order valence-corrected chi connectivity index (χ1v) is 11.4. The second-order valence-electron chi connectivity index (χ2n) is 7.07. The maximum Gasteiger partial charge on any atom is 0.261 e. The summed E-state index contributed by atoms with van der Waals surface area (Å²) in [5.41, 5.74) is 3.50. The molecule has 1 amide bonds. The zero-order valence-corrected chi connectivity index (χ0v) is 18.8. The van der Waals surface area contributed by atoms with Crippen molar-refractivity contribution < 1.29 is 17.9 Å². The smallest absolute Gasteiger partial charge is 0.261 e. The van der Waals surface area contributed by atoms with E-state index >= 15 is 0 Å². The molecule has 0 atom stereocenters. The number of sulfonamides is 1. The summed E-state index contributed by atoms with van der Waals surface area (Å²) >= 11 is 5.83. The number of nitrogens with one attached hydrogen (secondary N) is 2. The lowest BCUT2D eigenvalue weighted by molar-refractivity contribution is -0.123. The van der Waals surface area contributed by atoms with Crippen molar-refractivity contribution in [3.05, 3.63) is 88.4 Å². The molecule has 0 bridgehead atoms. The highest BCUT2D eigenvalue weighted by atomic mass is 35.5. The molecule has 0 radical (unpaired) electrons. The van der Waals surface area contributed by atoms with Crippen molar-refractivity contribution in [2.24, 2.45) is 0 Å². The number of benzene rings is 3. The first kappa shape index (κ1) is 22.7. The highest BCUT2D eigenvalue weighted by Crippen LogP contribution is 2.21. The second-order valence-corrected chi connectivity index (χ2v) is 9.19. The van der Waals surface area contributed by atoms with Gasteiger partial charge in [-0.3, -0.25) is 9.52 Å². The van der Waals surface area contributed by atoms with Crippen molar-refractivity contribution >= 4 is 33.2 Å². The molecule has 31 heavy (non-hydrogen) atoms. The van der Waals surface area contributed by atoms with E-state index in [1.54, 1.807) is 24.3 Å². The van der Waals surface area contributed by atoms with E-state index in [0.717, 1.165) is 16.7 Å². The molecule has 0 heterocycles. The molecule has 3 aromatic rings. The first-order chi connectivity index (χ1) is 14.7. The third-order valence-electron chi connectivity index (χ3n) is 4.67. The highest BCUT2D eigenvalue weighted by molar-refractivity contribution is 7.92. The van der Waals surface area contributed by atoms with E-state index in [9.17, 15) is 13.2 Å². The topological polar surface area (TPSA) is 84.5 Å². The number of ether oxygens (including phenoxy) is 1. The van der Waals surface area contributed by atoms with Gasteiger partial charge in [-0.2, -0.15) is 0 Å². The third-order valence-corrected chi connectivity index (χ3v) is 6.32. The molecule has 0 saturated heterocycles. The van der Waals surface area contributed by atoms with Crippen molar-refractivity contribution in [2.75, 3.05) is 11.3 Å². The van der Waals surface area contributed by atoms with E-state index in [4.69, 9.17) is 16.3 Å². The number of anilines is 1. The van der Waals surface area contributed by atoms with Crippen LogP contribution in [-0.4, -0.2) is 20.9 Å². The van der Waals surface area contributed by atoms with E-state index in [0.29, 0.717) is 23.0 Å². The molecular formula is C23H23ClN2O4S. The molecule has 3 aromatic carbocycles. The lowest BCUT2D eigenvalue weighted by Crippen LogP contribution is -2.28. The van der Waals surface area contributed by atoms with Gasteiger partial charge in [0, 0.05) is 17.3 Å². The Morgan fingerprint density at radius 3 is 2.26 bits per heavy atom. The Bertz CT molecular complexity index is 1160. The van der Waals surface area contributed by atoms with Crippen LogP contribution in [0.2, 0.25) is 5.02 Å². The van der Waals surface area contributed by atoms with E-state index in [1.165, 1.54) is 24.3 Å². The van der Waals surface area contributed by atoms with Gasteiger partial charge in [-0.05, 0) is 79.1 Å². The Hall–Kier alpha value is -3.03. The molecule has 0 fully saturated rings. The maximum absolute atomic E-state index is 12.6. The maximum atomic E-state index is 12.6. The van der Waals surface area contributed by atoms with Crippen LogP contribution in [0, 0.1) is 13.8 Å². The zero-order chi connectivity index (χ0) is 22.4. The molecule has 3 rings (SSSR count). The standard InChI is InChI=1S/C23H23ClN2O4S/c1-16-3-8-20(13-17(16)2)26-31(28,29)22-11-9-21(10-12-22)30-15-23(27)25-14-18-4-6-19(24)7-5-18/h3-13,26H,14-15H2,1-2H3,(H,25,27). The van der Waals surface area contributed by atoms with E-state index in [2.05, 4.69) is 10.0 Å². The van der Waals surface area contributed by atoms with Gasteiger partial charge in [-0.25, -0.2) is 8.42 Å². The number of aryl methyl sites for hydroxylation is 2. The average molecular weight is 459 g/mol. The number of amides is 1. The van der Waals surface area contributed by atoms with E-state index in [1.807, 2.05) is 32.0 Å². The van der Waals surface area contributed by atoms with E-state index < -0.39 is 10.0 Å². The molecule has 0 aliphatic carbocycles. The number of rotatable bonds is 8. The Morgan fingerprint density at radius 1 is 0.935 bits per heavy atom. The monoisotopic (exact) mass is 458 g/mol. The zero-order valence-electron chi connectivity index (χ0n) is 17.2. The average Bonchev–Trinajstić information content (AvgIpc) is 2.74. The summed E-state index contributed by atoms with van der Waals surface area (Å²) in [6, 6.07) is 18.4. The fraction of sp³-hybridized carbons (Fsp3) is 0.174. The Labute approximate surface area is 187 Å². The summed E-state index contributed by atoms with van der Waals surface area (Å²) in [4.78, 5) is 12.1. The van der Waals surface area contributed by atoms with Crippen LogP contribution in [0.3, 0.4) is 0 Å². The number of hydrogen-bond acceptors (Lipinski definition) is 4. The largest absolute Gasteiger partial charge is 0.484 e. The molecule has 0 unspecified atom stereocenters. The van der Waals surface area contributed by atoms with Crippen LogP contribution in [0.5, 0.6) is 5.75 Å². The van der Waals surface area contributed by atoms with Crippen LogP contribution < -0.4 is 14.8 Å². The summed E-state index contributed by atoms with van der Waals surface area (Å²) < 4.78 is 33.2. The third kappa shape index (κ3) is 6.47. The van der Waals surface area contributed by atoms with Crippen LogP contribution in [0.25, 0.3) is 0 Å². The molecule has 162 valence electrons. The van der Waals surface area contributed by atoms with Crippen LogP contribution in [0.15, 0.2) is 71.6 Å². The van der Waals surface area contributed by atoms with Gasteiger partial charge in [-0.15, -0.1) is 0 Å². The minimum absolute atomic E-state index is 0.102. The molecule has 0 saturated carbocycles. The summed E-state index contributed by atoms with van der Waals surface area (Å²) in [5.74, 6) is 0.106. The van der Waals surface area contributed by atoms with Crippen LogP contribution >= 0.6 is 11.6 Å². The quantitative estimate of drug-likeness (QED) is 0.522. The van der Waals surface area contributed by atoms with Crippen molar-refractivity contribution in [2.45, 2.75) is 25.3 Å². The summed E-state index contributed by atoms with van der Waals surface area (Å²) in [6.45, 7) is 4.07. The predicted molar refractivity (Wildman–Crippen MR) is 122 cm³/mol. The van der Waals surface area contributed by atoms with Crippen molar-refractivity contribution in [1.82, 2.24) is 5.32 Å². The molecule has 0 aliphatic rings. The number of hydrogen-bond donors (Lipinski definition) is 2. The minimum atomic E-state index is -3.73. The van der Waals surface area contributed by atoms with Gasteiger partial charge in [0.1, 0.15) is 5.75 Å². The fourth-order valence-corrected chi connectivity index (χ4v) is 3.91. The number of carbonyl (C=O) groups is 1. The Balaban J connectivity index is 1.53. The summed E-state index contributed by atoms with van der Waals surface area (Å²) in [5, 5.41) is 3.38. The molecule has 0 spiro atoms. The first-order valence-electron chi connectivity index (χ1n) is 9.57. The van der Waals surface area contributed by atoms with Gasteiger partial charge in [0.15, 0.2) is 6.61 Å². The van der Waals surface area contributed by atoms with Crippen molar-refractivity contribution in [1.29, 1.82) is 0 Å². The highest BCUT2D eigenvalue weighted by Gasteiger charge is 2.15. The SMILES string of the molecule is Cc1ccc(NS(=O)(=O)c2ccc(OCC(=O)NCc3ccc(Cl)cc3)cc2)cc1C. The molecule has 0 aromatic heterocycles. The molecule has 2 N–H and O–H groups in total.